The molecule has 26 heavy (non-hydrogen) atoms. The highest BCUT2D eigenvalue weighted by atomic mass is 15.2. The molecule has 0 bridgehead atoms. The Balaban J connectivity index is 1.45. The summed E-state index contributed by atoms with van der Waals surface area (Å²) in [5.74, 6) is 0. The maximum Gasteiger partial charge on any atom is 0.0486 e. The van der Waals surface area contributed by atoms with Crippen molar-refractivity contribution in [2.24, 2.45) is 0 Å². The zero-order chi connectivity index (χ0) is 17.8. The van der Waals surface area contributed by atoms with Crippen LogP contribution in [0, 0.1) is 0 Å². The minimum absolute atomic E-state index is 0.944. The molecule has 0 radical (unpaired) electrons. The number of hydrogen-bond donors (Lipinski definition) is 0. The minimum atomic E-state index is 0.944. The Morgan fingerprint density at radius 1 is 0.846 bits per heavy atom. The summed E-state index contributed by atoms with van der Waals surface area (Å²) in [5.41, 5.74) is 4.20. The number of rotatable bonds is 6. The highest BCUT2D eigenvalue weighted by molar-refractivity contribution is 5.84. The molecule has 0 N–H and O–H groups in total. The van der Waals surface area contributed by atoms with Crippen molar-refractivity contribution in [1.29, 1.82) is 0 Å². The number of nitrogens with zero attached hydrogens (tertiary/aromatic N) is 3. The van der Waals surface area contributed by atoms with Crippen molar-refractivity contribution >= 4 is 10.9 Å². The van der Waals surface area contributed by atoms with Crippen LogP contribution in [0.1, 0.15) is 17.5 Å². The standard InChI is InChI=1S/C23H29N3/c1-24-14-16-25(17-15-24)13-7-10-21-19-26(18-20-8-3-2-4-9-20)23-12-6-5-11-22(21)23/h2-6,8-9,11-12,19H,7,10,13-18H2,1H3. The molecule has 4 rings (SSSR count). The largest absolute Gasteiger partial charge is 0.343 e. The van der Waals surface area contributed by atoms with E-state index >= 15 is 0 Å². The molecule has 0 amide bonds. The van der Waals surface area contributed by atoms with Crippen molar-refractivity contribution in [2.75, 3.05) is 39.8 Å². The molecule has 136 valence electrons. The lowest BCUT2D eigenvalue weighted by atomic mass is 10.1. The van der Waals surface area contributed by atoms with Gasteiger partial charge in [-0.25, -0.2) is 0 Å². The lowest BCUT2D eigenvalue weighted by Crippen LogP contribution is -2.44. The van der Waals surface area contributed by atoms with Crippen LogP contribution < -0.4 is 0 Å². The predicted octanol–water partition coefficient (Wildman–Crippen LogP) is 3.87. The van der Waals surface area contributed by atoms with Gasteiger partial charge in [-0.1, -0.05) is 48.5 Å². The topological polar surface area (TPSA) is 11.4 Å². The first-order chi connectivity index (χ1) is 12.8. The average Bonchev–Trinajstić information content (AvgIpc) is 3.02. The number of aromatic nitrogens is 1. The molecule has 3 nitrogen and oxygen atoms in total. The molecule has 1 aromatic heterocycles. The van der Waals surface area contributed by atoms with Gasteiger partial charge in [-0.2, -0.15) is 0 Å². The number of para-hydroxylation sites is 1. The van der Waals surface area contributed by atoms with Gasteiger partial charge in [-0.05, 0) is 43.6 Å². The first kappa shape index (κ1) is 17.3. The quantitative estimate of drug-likeness (QED) is 0.671. The third kappa shape index (κ3) is 4.00. The zero-order valence-corrected chi connectivity index (χ0v) is 15.8. The van der Waals surface area contributed by atoms with Crippen molar-refractivity contribution in [1.82, 2.24) is 14.4 Å². The molecule has 0 atom stereocenters. The summed E-state index contributed by atoms with van der Waals surface area (Å²) in [7, 11) is 2.22. The fraction of sp³-hybridized carbons (Fsp3) is 0.391. The molecule has 0 saturated carbocycles. The van der Waals surface area contributed by atoms with Crippen LogP contribution in [0.3, 0.4) is 0 Å². The highest BCUT2D eigenvalue weighted by Crippen LogP contribution is 2.23. The fourth-order valence-corrected chi connectivity index (χ4v) is 4.00. The molecule has 1 aliphatic rings. The van der Waals surface area contributed by atoms with Gasteiger partial charge >= 0.3 is 0 Å². The van der Waals surface area contributed by atoms with Crippen LogP contribution in [0.25, 0.3) is 10.9 Å². The van der Waals surface area contributed by atoms with E-state index in [0.29, 0.717) is 0 Å². The van der Waals surface area contributed by atoms with Crippen LogP contribution in [0.2, 0.25) is 0 Å². The number of likely N-dealkylation sites (N-methyl/N-ethyl adjacent to an activating group) is 1. The molecule has 1 fully saturated rings. The molecule has 0 unspecified atom stereocenters. The SMILES string of the molecule is CN1CCN(CCCc2cn(Cc3ccccc3)c3ccccc23)CC1. The summed E-state index contributed by atoms with van der Waals surface area (Å²) in [6, 6.07) is 19.6. The summed E-state index contributed by atoms with van der Waals surface area (Å²) in [6.45, 7) is 7.00. The Hall–Kier alpha value is -2.10. The molecule has 3 heteroatoms. The summed E-state index contributed by atoms with van der Waals surface area (Å²) in [6.07, 6.45) is 4.78. The third-order valence-corrected chi connectivity index (χ3v) is 5.58. The van der Waals surface area contributed by atoms with Crippen molar-refractivity contribution in [3.8, 4) is 0 Å². The molecule has 2 heterocycles. The van der Waals surface area contributed by atoms with E-state index in [0.717, 1.165) is 13.0 Å². The number of benzene rings is 2. The van der Waals surface area contributed by atoms with Gasteiger partial charge in [0.25, 0.3) is 0 Å². The van der Waals surface area contributed by atoms with Crippen LogP contribution in [0.4, 0.5) is 0 Å². The molecule has 2 aromatic carbocycles. The average molecular weight is 348 g/mol. The van der Waals surface area contributed by atoms with E-state index in [1.54, 1.807) is 0 Å². The molecule has 1 saturated heterocycles. The van der Waals surface area contributed by atoms with E-state index in [4.69, 9.17) is 0 Å². The normalized spacial score (nSPS) is 16.3. The van der Waals surface area contributed by atoms with Crippen molar-refractivity contribution in [2.45, 2.75) is 19.4 Å². The Morgan fingerprint density at radius 3 is 2.38 bits per heavy atom. The Kier molecular flexibility index (Phi) is 5.37. The second-order valence-corrected chi connectivity index (χ2v) is 7.53. The summed E-state index contributed by atoms with van der Waals surface area (Å²) < 4.78 is 2.41. The van der Waals surface area contributed by atoms with E-state index in [-0.39, 0.29) is 0 Å². The summed E-state index contributed by atoms with van der Waals surface area (Å²) >= 11 is 0. The first-order valence-electron chi connectivity index (χ1n) is 9.81. The lowest BCUT2D eigenvalue weighted by Gasteiger charge is -2.32. The van der Waals surface area contributed by atoms with Crippen LogP contribution in [0.15, 0.2) is 60.8 Å². The maximum absolute atomic E-state index is 2.61. The molecule has 1 aliphatic heterocycles. The van der Waals surface area contributed by atoms with E-state index in [9.17, 15) is 0 Å². The van der Waals surface area contributed by atoms with E-state index in [2.05, 4.69) is 82.2 Å². The molecular formula is C23H29N3. The van der Waals surface area contributed by atoms with Crippen LogP contribution in [0.5, 0.6) is 0 Å². The molecule has 3 aromatic rings. The Bertz CT molecular complexity index is 829. The van der Waals surface area contributed by atoms with Gasteiger partial charge in [0.1, 0.15) is 0 Å². The number of fused-ring (bicyclic) bond motifs is 1. The smallest absolute Gasteiger partial charge is 0.0486 e. The monoisotopic (exact) mass is 347 g/mol. The van der Waals surface area contributed by atoms with Gasteiger partial charge < -0.3 is 14.4 Å². The number of hydrogen-bond acceptors (Lipinski definition) is 2. The van der Waals surface area contributed by atoms with Crippen LogP contribution in [-0.2, 0) is 13.0 Å². The number of piperazine rings is 1. The van der Waals surface area contributed by atoms with Gasteiger partial charge in [0, 0.05) is 49.8 Å². The van der Waals surface area contributed by atoms with E-state index in [1.165, 1.54) is 61.2 Å². The second-order valence-electron chi connectivity index (χ2n) is 7.53. The van der Waals surface area contributed by atoms with Crippen molar-refractivity contribution in [3.63, 3.8) is 0 Å². The molecule has 0 spiro atoms. The van der Waals surface area contributed by atoms with Gasteiger partial charge in [0.15, 0.2) is 0 Å². The Morgan fingerprint density at radius 2 is 1.58 bits per heavy atom. The third-order valence-electron chi connectivity index (χ3n) is 5.58. The van der Waals surface area contributed by atoms with E-state index in [1.807, 2.05) is 0 Å². The zero-order valence-electron chi connectivity index (χ0n) is 15.8. The van der Waals surface area contributed by atoms with Gasteiger partial charge in [0.05, 0.1) is 0 Å². The molecule has 0 aliphatic carbocycles. The number of aryl methyl sites for hydroxylation is 1. The minimum Gasteiger partial charge on any atom is -0.343 e. The molecular weight excluding hydrogens is 318 g/mol. The fourth-order valence-electron chi connectivity index (χ4n) is 4.00. The van der Waals surface area contributed by atoms with Gasteiger partial charge in [-0.3, -0.25) is 0 Å². The first-order valence-corrected chi connectivity index (χ1v) is 9.81. The van der Waals surface area contributed by atoms with E-state index < -0.39 is 0 Å². The van der Waals surface area contributed by atoms with Crippen LogP contribution >= 0.6 is 0 Å². The summed E-state index contributed by atoms with van der Waals surface area (Å²) in [4.78, 5) is 5.04. The van der Waals surface area contributed by atoms with Crippen LogP contribution in [-0.4, -0.2) is 54.1 Å². The highest BCUT2D eigenvalue weighted by Gasteiger charge is 2.14. The van der Waals surface area contributed by atoms with Crippen molar-refractivity contribution in [3.05, 3.63) is 71.9 Å². The summed E-state index contributed by atoms with van der Waals surface area (Å²) in [5, 5.41) is 1.42. The van der Waals surface area contributed by atoms with Gasteiger partial charge in [-0.15, -0.1) is 0 Å². The maximum atomic E-state index is 2.61. The Labute approximate surface area is 156 Å². The second kappa shape index (κ2) is 8.07. The van der Waals surface area contributed by atoms with Crippen molar-refractivity contribution < 1.29 is 0 Å². The predicted molar refractivity (Wildman–Crippen MR) is 110 cm³/mol. The van der Waals surface area contributed by atoms with Gasteiger partial charge in [0.2, 0.25) is 0 Å². The lowest BCUT2D eigenvalue weighted by molar-refractivity contribution is 0.153.